The number of rotatable bonds is 8. The Morgan fingerprint density at radius 2 is 2.00 bits per heavy atom. The number of aryl methyl sites for hydroxylation is 2. The van der Waals surface area contributed by atoms with Crippen molar-refractivity contribution in [2.45, 2.75) is 39.2 Å². The van der Waals surface area contributed by atoms with E-state index in [1.807, 2.05) is 49.4 Å². The van der Waals surface area contributed by atoms with Crippen LogP contribution in [0.15, 0.2) is 53.7 Å². The first-order valence-corrected chi connectivity index (χ1v) is 14.4. The van der Waals surface area contributed by atoms with Gasteiger partial charge in [0.15, 0.2) is 0 Å². The van der Waals surface area contributed by atoms with Gasteiger partial charge >= 0.3 is 0 Å². The molecule has 2 N–H and O–H groups in total. The average Bonchev–Trinajstić information content (AvgIpc) is 3.56. The molecule has 5 rings (SSSR count). The number of benzene rings is 1. The van der Waals surface area contributed by atoms with Crippen LogP contribution >= 0.6 is 35.3 Å². The molecular weight excluding hydrogens is 537 g/mol. The third kappa shape index (κ3) is 5.87. The number of thioether (sulfide) groups is 1. The molecule has 1 aromatic carbocycles. The van der Waals surface area contributed by atoms with Crippen LogP contribution in [-0.4, -0.2) is 38.5 Å². The van der Waals surface area contributed by atoms with E-state index in [4.69, 9.17) is 12.2 Å². The highest BCUT2D eigenvalue weighted by molar-refractivity contribution is 8.26. The number of thiocarbonyl (C=S) groups is 1. The van der Waals surface area contributed by atoms with E-state index in [9.17, 15) is 14.4 Å². The number of nitrogens with zero attached hydrogens (tertiary/aromatic N) is 2. The number of thiophene rings is 1. The monoisotopic (exact) mass is 562 g/mol. The van der Waals surface area contributed by atoms with E-state index in [0.717, 1.165) is 46.4 Å². The van der Waals surface area contributed by atoms with Crippen LogP contribution in [0.2, 0.25) is 0 Å². The van der Waals surface area contributed by atoms with Crippen molar-refractivity contribution in [2.75, 3.05) is 11.9 Å². The maximum absolute atomic E-state index is 13.1. The van der Waals surface area contributed by atoms with Crippen molar-refractivity contribution in [2.24, 2.45) is 0 Å². The molecule has 1 fully saturated rings. The molecular formula is C28H26N4O3S3. The van der Waals surface area contributed by atoms with Gasteiger partial charge in [0.25, 0.3) is 11.8 Å². The summed E-state index contributed by atoms with van der Waals surface area (Å²) in [5.74, 6) is -0.663. The number of anilines is 1. The highest BCUT2D eigenvalue weighted by Gasteiger charge is 2.32. The quantitative estimate of drug-likeness (QED) is 0.293. The number of nitrogens with one attached hydrogen (secondary N) is 2. The second-order valence-electron chi connectivity index (χ2n) is 9.15. The van der Waals surface area contributed by atoms with Gasteiger partial charge in [0.1, 0.15) is 9.32 Å². The lowest BCUT2D eigenvalue weighted by Gasteiger charge is -2.14. The molecule has 1 aliphatic carbocycles. The Morgan fingerprint density at radius 3 is 2.76 bits per heavy atom. The van der Waals surface area contributed by atoms with Crippen LogP contribution in [0.3, 0.4) is 0 Å². The maximum Gasteiger partial charge on any atom is 0.266 e. The predicted molar refractivity (Wildman–Crippen MR) is 156 cm³/mol. The van der Waals surface area contributed by atoms with Crippen LogP contribution in [0, 0.1) is 6.92 Å². The lowest BCUT2D eigenvalue weighted by molar-refractivity contribution is -0.122. The van der Waals surface area contributed by atoms with E-state index < -0.39 is 0 Å². The Labute approximate surface area is 234 Å². The van der Waals surface area contributed by atoms with Gasteiger partial charge in [0.2, 0.25) is 5.91 Å². The second-order valence-corrected chi connectivity index (χ2v) is 11.9. The average molecular weight is 563 g/mol. The summed E-state index contributed by atoms with van der Waals surface area (Å²) in [6.07, 6.45) is 8.02. The molecule has 1 aliphatic heterocycles. The fraction of sp³-hybridized carbons (Fsp3) is 0.250. The highest BCUT2D eigenvalue weighted by Crippen LogP contribution is 2.39. The number of carbonyl (C=O) groups excluding carboxylic acids is 3. The summed E-state index contributed by atoms with van der Waals surface area (Å²) in [6.45, 7) is 2.54. The first kappa shape index (κ1) is 26.3. The molecule has 3 heterocycles. The number of carbonyl (C=O) groups is 3. The smallest absolute Gasteiger partial charge is 0.266 e. The normalized spacial score (nSPS) is 15.7. The molecule has 1 saturated heterocycles. The molecule has 7 nitrogen and oxygen atoms in total. The summed E-state index contributed by atoms with van der Waals surface area (Å²) >= 11 is 8.13. The zero-order chi connectivity index (χ0) is 26.6. The Balaban J connectivity index is 1.22. The van der Waals surface area contributed by atoms with E-state index in [1.165, 1.54) is 28.0 Å². The summed E-state index contributed by atoms with van der Waals surface area (Å²) in [5.41, 5.74) is 4.54. The molecule has 2 aromatic heterocycles. The van der Waals surface area contributed by atoms with Gasteiger partial charge in [-0.15, -0.1) is 11.3 Å². The number of aromatic nitrogens is 1. The minimum Gasteiger partial charge on any atom is -0.348 e. The predicted octanol–water partition coefficient (Wildman–Crippen LogP) is 5.10. The molecule has 10 heteroatoms. The van der Waals surface area contributed by atoms with Crippen LogP contribution in [0.1, 0.15) is 50.3 Å². The number of hydrogen-bond donors (Lipinski definition) is 2. The minimum atomic E-state index is -0.261. The van der Waals surface area contributed by atoms with Crippen LogP contribution in [0.4, 0.5) is 5.00 Å². The van der Waals surface area contributed by atoms with Gasteiger partial charge in [-0.05, 0) is 55.0 Å². The first-order chi connectivity index (χ1) is 18.4. The largest absolute Gasteiger partial charge is 0.348 e. The molecule has 38 heavy (non-hydrogen) atoms. The molecule has 0 radical (unpaired) electrons. The summed E-state index contributed by atoms with van der Waals surface area (Å²) in [4.78, 5) is 46.3. The number of pyridine rings is 1. The Hall–Kier alpha value is -3.34. The summed E-state index contributed by atoms with van der Waals surface area (Å²) < 4.78 is 0.437. The van der Waals surface area contributed by atoms with Crippen molar-refractivity contribution in [1.29, 1.82) is 0 Å². The van der Waals surface area contributed by atoms with Crippen LogP contribution in [0.5, 0.6) is 0 Å². The molecule has 3 amide bonds. The molecule has 0 unspecified atom stereocenters. The molecule has 0 spiro atoms. The topological polar surface area (TPSA) is 91.4 Å². The van der Waals surface area contributed by atoms with E-state index >= 15 is 0 Å². The van der Waals surface area contributed by atoms with Crippen molar-refractivity contribution < 1.29 is 14.4 Å². The number of amides is 3. The van der Waals surface area contributed by atoms with Gasteiger partial charge in [-0.25, -0.2) is 0 Å². The maximum atomic E-state index is 13.1. The molecule has 194 valence electrons. The van der Waals surface area contributed by atoms with Crippen LogP contribution in [-0.2, 0) is 29.0 Å². The fourth-order valence-corrected chi connectivity index (χ4v) is 7.03. The van der Waals surface area contributed by atoms with Crippen molar-refractivity contribution in [1.82, 2.24) is 15.2 Å². The van der Waals surface area contributed by atoms with E-state index in [2.05, 4.69) is 15.6 Å². The zero-order valence-electron chi connectivity index (χ0n) is 20.8. The first-order valence-electron chi connectivity index (χ1n) is 12.3. The van der Waals surface area contributed by atoms with Crippen molar-refractivity contribution in [3.05, 3.63) is 86.4 Å². The van der Waals surface area contributed by atoms with E-state index in [1.54, 1.807) is 12.4 Å². The third-order valence-electron chi connectivity index (χ3n) is 6.39. The SMILES string of the molecule is Cc1ccc(/C=C2\SC(=S)N(CCC(=O)Nc3sc4c(c3C(=O)NCc3cccnc3)CCC4)C2=O)cc1. The van der Waals surface area contributed by atoms with Gasteiger partial charge < -0.3 is 10.6 Å². The third-order valence-corrected chi connectivity index (χ3v) is 8.97. The van der Waals surface area contributed by atoms with Crippen LogP contribution in [0.25, 0.3) is 6.08 Å². The molecule has 0 atom stereocenters. The summed E-state index contributed by atoms with van der Waals surface area (Å²) in [7, 11) is 0. The Kier molecular flexibility index (Phi) is 8.01. The number of fused-ring (bicyclic) bond motifs is 1. The molecule has 3 aromatic rings. The molecule has 0 saturated carbocycles. The van der Waals surface area contributed by atoms with E-state index in [0.29, 0.717) is 26.3 Å². The van der Waals surface area contributed by atoms with Gasteiger partial charge in [-0.2, -0.15) is 0 Å². The van der Waals surface area contributed by atoms with Crippen molar-refractivity contribution in [3.8, 4) is 0 Å². The lowest BCUT2D eigenvalue weighted by atomic mass is 10.1. The van der Waals surface area contributed by atoms with Gasteiger partial charge in [0.05, 0.1) is 10.5 Å². The summed E-state index contributed by atoms with van der Waals surface area (Å²) in [5, 5.41) is 6.45. The van der Waals surface area contributed by atoms with Gasteiger partial charge in [0, 0.05) is 36.8 Å². The van der Waals surface area contributed by atoms with Gasteiger partial charge in [-0.1, -0.05) is 59.9 Å². The van der Waals surface area contributed by atoms with Crippen LogP contribution < -0.4 is 10.6 Å². The van der Waals surface area contributed by atoms with E-state index in [-0.39, 0.29) is 30.7 Å². The lowest BCUT2D eigenvalue weighted by Crippen LogP contribution is -2.31. The molecule has 0 bridgehead atoms. The fourth-order valence-electron chi connectivity index (χ4n) is 4.42. The van der Waals surface area contributed by atoms with Crippen molar-refractivity contribution >= 4 is 68.4 Å². The summed E-state index contributed by atoms with van der Waals surface area (Å²) in [6, 6.07) is 11.6. The molecule has 2 aliphatic rings. The standard InChI is InChI=1S/C28H26N4O3S3/c1-17-7-9-18(10-8-17)14-22-27(35)32(28(36)38-22)13-11-23(33)31-26-24(20-5-2-6-21(20)37-26)25(34)30-16-19-4-3-12-29-15-19/h3-4,7-10,12,14-15H,2,5-6,11,13,16H2,1H3,(H,30,34)(H,31,33)/b22-14-. The van der Waals surface area contributed by atoms with Crippen molar-refractivity contribution in [3.63, 3.8) is 0 Å². The minimum absolute atomic E-state index is 0.0730. The second kappa shape index (κ2) is 11.6. The van der Waals surface area contributed by atoms with Gasteiger partial charge in [-0.3, -0.25) is 24.3 Å². The zero-order valence-corrected chi connectivity index (χ0v) is 23.2. The Morgan fingerprint density at radius 1 is 1.18 bits per heavy atom. The highest BCUT2D eigenvalue weighted by atomic mass is 32.2. The Bertz CT molecular complexity index is 1430. The number of hydrogen-bond acceptors (Lipinski definition) is 7.